The van der Waals surface area contributed by atoms with E-state index >= 15 is 0 Å². The predicted octanol–water partition coefficient (Wildman–Crippen LogP) is 2.13. The van der Waals surface area contributed by atoms with Crippen molar-refractivity contribution in [3.8, 4) is 5.75 Å². The van der Waals surface area contributed by atoms with Gasteiger partial charge in [-0.1, -0.05) is 6.92 Å². The average molecular weight is 512 g/mol. The summed E-state index contributed by atoms with van der Waals surface area (Å²) in [5, 5.41) is 0.602. The monoisotopic (exact) mass is 511 g/mol. The number of carbonyl (C=O) groups is 1. The van der Waals surface area contributed by atoms with Crippen molar-refractivity contribution in [2.45, 2.75) is 37.1 Å². The first kappa shape index (κ1) is 24.2. The van der Waals surface area contributed by atoms with Crippen molar-refractivity contribution < 1.29 is 31.1 Å². The Morgan fingerprint density at radius 1 is 1.24 bits per heavy atom. The molecule has 0 aliphatic carbocycles. The summed E-state index contributed by atoms with van der Waals surface area (Å²) >= 11 is 0. The van der Waals surface area contributed by atoms with E-state index in [1.807, 2.05) is 6.92 Å². The Morgan fingerprint density at radius 3 is 2.62 bits per heavy atom. The van der Waals surface area contributed by atoms with Gasteiger partial charge >= 0.3 is 6.16 Å². The number of sulfone groups is 1. The zero-order valence-corrected chi connectivity index (χ0v) is 20.3. The molecule has 0 radical (unpaired) electrons. The molecule has 3 heterocycles. The lowest BCUT2D eigenvalue weighted by atomic mass is 10.1. The van der Waals surface area contributed by atoms with Crippen molar-refractivity contribution in [2.24, 2.45) is 0 Å². The molecule has 0 unspecified atom stereocenters. The fourth-order valence-electron chi connectivity index (χ4n) is 4.03. The van der Waals surface area contributed by atoms with Crippen LogP contribution in [0.4, 0.5) is 4.79 Å². The molecule has 3 aromatic rings. The normalized spacial score (nSPS) is 16.8. The lowest BCUT2D eigenvalue weighted by Crippen LogP contribution is -2.42. The van der Waals surface area contributed by atoms with Crippen LogP contribution in [-0.4, -0.2) is 68.5 Å². The minimum absolute atomic E-state index is 0.0348. The van der Waals surface area contributed by atoms with Gasteiger partial charge in [0, 0.05) is 30.2 Å². The van der Waals surface area contributed by atoms with Gasteiger partial charge in [0.05, 0.1) is 28.4 Å². The fourth-order valence-corrected chi connectivity index (χ4v) is 6.93. The van der Waals surface area contributed by atoms with E-state index in [0.717, 1.165) is 0 Å². The first-order valence-corrected chi connectivity index (χ1v) is 14.0. The third kappa shape index (κ3) is 4.55. The van der Waals surface area contributed by atoms with Crippen LogP contribution in [0.2, 0.25) is 0 Å². The quantitative estimate of drug-likeness (QED) is 0.477. The molecule has 1 saturated heterocycles. The van der Waals surface area contributed by atoms with Gasteiger partial charge in [0.15, 0.2) is 5.75 Å². The van der Waals surface area contributed by atoms with Crippen LogP contribution in [0.1, 0.15) is 26.2 Å². The highest BCUT2D eigenvalue weighted by Crippen LogP contribution is 2.33. The second kappa shape index (κ2) is 9.04. The molecule has 1 aromatic carbocycles. The third-order valence-electron chi connectivity index (χ3n) is 5.91. The van der Waals surface area contributed by atoms with Gasteiger partial charge in [-0.3, -0.25) is 4.79 Å². The van der Waals surface area contributed by atoms with E-state index < -0.39 is 37.6 Å². The molecule has 184 valence electrons. The number of nitrogens with zero attached hydrogens (tertiary/aromatic N) is 1. The van der Waals surface area contributed by atoms with Gasteiger partial charge in [0.25, 0.3) is 5.56 Å². The van der Waals surface area contributed by atoms with Gasteiger partial charge in [0.2, 0.25) is 10.0 Å². The standard InChI is InChI=1S/C21H25N3O8S2/c1-3-8-31-21(26)32-17-12-22-19-18(17)15-11-14(4-5-16(15)23-20(19)25)34(29,30)24(2)13-6-9-33(27,28)10-7-13/h4-5,11-13,22H,3,6-10H2,1-2H3,(H,23,25). The number of aromatic nitrogens is 2. The number of carbonyl (C=O) groups excluding carboxylic acids is 1. The van der Waals surface area contributed by atoms with Crippen LogP contribution < -0.4 is 10.3 Å². The molecule has 0 spiro atoms. The second-order valence-electron chi connectivity index (χ2n) is 8.17. The van der Waals surface area contributed by atoms with E-state index in [-0.39, 0.29) is 52.5 Å². The van der Waals surface area contributed by atoms with Crippen LogP contribution in [0, 0.1) is 0 Å². The van der Waals surface area contributed by atoms with E-state index in [0.29, 0.717) is 17.3 Å². The second-order valence-corrected chi connectivity index (χ2v) is 12.5. The zero-order chi connectivity index (χ0) is 24.7. The van der Waals surface area contributed by atoms with Gasteiger partial charge in [-0.25, -0.2) is 21.6 Å². The van der Waals surface area contributed by atoms with Gasteiger partial charge in [0.1, 0.15) is 15.4 Å². The van der Waals surface area contributed by atoms with Crippen molar-refractivity contribution in [1.29, 1.82) is 0 Å². The summed E-state index contributed by atoms with van der Waals surface area (Å²) in [5.74, 6) is -0.0857. The van der Waals surface area contributed by atoms with Crippen LogP contribution in [0.3, 0.4) is 0 Å². The average Bonchev–Trinajstić information content (AvgIpc) is 3.21. The number of fused-ring (bicyclic) bond motifs is 3. The number of ether oxygens (including phenoxy) is 2. The molecule has 1 fully saturated rings. The van der Waals surface area contributed by atoms with Crippen molar-refractivity contribution in [3.05, 3.63) is 34.7 Å². The highest BCUT2D eigenvalue weighted by Gasteiger charge is 2.33. The van der Waals surface area contributed by atoms with Crippen molar-refractivity contribution >= 4 is 47.8 Å². The first-order chi connectivity index (χ1) is 16.0. The summed E-state index contributed by atoms with van der Waals surface area (Å²) in [6.45, 7) is 2.00. The topological polar surface area (TPSA) is 156 Å². The molecular formula is C21H25N3O8S2. The number of H-pyrrole nitrogens is 2. The van der Waals surface area contributed by atoms with Gasteiger partial charge in [-0.15, -0.1) is 0 Å². The fraction of sp³-hybridized carbons (Fsp3) is 0.429. The van der Waals surface area contributed by atoms with Gasteiger partial charge in [-0.05, 0) is 37.5 Å². The summed E-state index contributed by atoms with van der Waals surface area (Å²) in [4.78, 5) is 29.9. The zero-order valence-electron chi connectivity index (χ0n) is 18.7. The van der Waals surface area contributed by atoms with Crippen LogP contribution >= 0.6 is 0 Å². The van der Waals surface area contributed by atoms with Crippen LogP contribution in [0.15, 0.2) is 34.1 Å². The minimum atomic E-state index is -3.97. The number of rotatable bonds is 6. The lowest BCUT2D eigenvalue weighted by molar-refractivity contribution is 0.0997. The Labute approximate surface area is 196 Å². The van der Waals surface area contributed by atoms with Crippen LogP contribution in [-0.2, 0) is 24.6 Å². The Bertz CT molecular complexity index is 1510. The Hall–Kier alpha value is -2.90. The van der Waals surface area contributed by atoms with Crippen molar-refractivity contribution in [3.63, 3.8) is 0 Å². The van der Waals surface area contributed by atoms with E-state index in [1.165, 1.54) is 35.7 Å². The van der Waals surface area contributed by atoms with E-state index in [1.54, 1.807) is 0 Å². The van der Waals surface area contributed by atoms with Crippen LogP contribution in [0.5, 0.6) is 5.75 Å². The Kier molecular flexibility index (Phi) is 6.44. The molecule has 2 N–H and O–H groups in total. The van der Waals surface area contributed by atoms with Gasteiger partial charge < -0.3 is 19.4 Å². The van der Waals surface area contributed by atoms with E-state index in [2.05, 4.69) is 9.97 Å². The predicted molar refractivity (Wildman–Crippen MR) is 125 cm³/mol. The Morgan fingerprint density at radius 2 is 1.94 bits per heavy atom. The molecule has 0 saturated carbocycles. The summed E-state index contributed by atoms with van der Waals surface area (Å²) in [7, 11) is -5.68. The molecule has 34 heavy (non-hydrogen) atoms. The van der Waals surface area contributed by atoms with E-state index in [4.69, 9.17) is 9.47 Å². The molecule has 13 heteroatoms. The molecule has 0 bridgehead atoms. The molecular weight excluding hydrogens is 486 g/mol. The highest BCUT2D eigenvalue weighted by atomic mass is 32.2. The highest BCUT2D eigenvalue weighted by molar-refractivity contribution is 7.91. The largest absolute Gasteiger partial charge is 0.513 e. The summed E-state index contributed by atoms with van der Waals surface area (Å²) in [6, 6.07) is 3.79. The molecule has 1 aliphatic rings. The van der Waals surface area contributed by atoms with Crippen molar-refractivity contribution in [1.82, 2.24) is 14.3 Å². The lowest BCUT2D eigenvalue weighted by Gasteiger charge is -2.30. The first-order valence-electron chi connectivity index (χ1n) is 10.7. The Balaban J connectivity index is 1.76. The van der Waals surface area contributed by atoms with E-state index in [9.17, 15) is 26.4 Å². The van der Waals surface area contributed by atoms with Crippen molar-refractivity contribution in [2.75, 3.05) is 25.2 Å². The molecule has 1 aliphatic heterocycles. The third-order valence-corrected chi connectivity index (χ3v) is 9.53. The summed E-state index contributed by atoms with van der Waals surface area (Å²) in [6.07, 6.45) is 1.44. The number of hydrogen-bond donors (Lipinski definition) is 2. The molecule has 0 atom stereocenters. The maximum atomic E-state index is 13.4. The SMILES string of the molecule is CCCOC(=O)Oc1c[nH]c2c(=O)[nH]c3ccc(S(=O)(=O)N(C)C4CCS(=O)(=O)CC4)cc3c12. The minimum Gasteiger partial charge on any atom is -0.434 e. The van der Waals surface area contributed by atoms with Crippen LogP contribution in [0.25, 0.3) is 21.8 Å². The molecule has 0 amide bonds. The number of hydrogen-bond acceptors (Lipinski definition) is 8. The maximum absolute atomic E-state index is 13.4. The van der Waals surface area contributed by atoms with Gasteiger partial charge in [-0.2, -0.15) is 4.31 Å². The number of sulfonamides is 1. The molecule has 2 aromatic heterocycles. The summed E-state index contributed by atoms with van der Waals surface area (Å²) in [5.41, 5.74) is 0.0100. The number of pyridine rings is 1. The molecule has 4 rings (SSSR count). The number of benzene rings is 1. The number of nitrogens with one attached hydrogen (secondary N) is 2. The maximum Gasteiger partial charge on any atom is 0.513 e. The summed E-state index contributed by atoms with van der Waals surface area (Å²) < 4.78 is 61.6. The number of aromatic amines is 2. The smallest absolute Gasteiger partial charge is 0.434 e. The molecule has 11 nitrogen and oxygen atoms in total.